The van der Waals surface area contributed by atoms with E-state index in [4.69, 9.17) is 10.2 Å². The summed E-state index contributed by atoms with van der Waals surface area (Å²) in [6.07, 6.45) is 1.84. The lowest BCUT2D eigenvalue weighted by molar-refractivity contribution is -0.184. The fourth-order valence-corrected chi connectivity index (χ4v) is 7.21. The maximum absolute atomic E-state index is 14.1. The summed E-state index contributed by atoms with van der Waals surface area (Å²) >= 11 is 0. The lowest BCUT2D eigenvalue weighted by Crippen LogP contribution is -2.73. The number of aliphatic hydroxyl groups excluding tert-OH is 2. The van der Waals surface area contributed by atoms with Crippen LogP contribution in [0.4, 0.5) is 0 Å². The molecule has 0 saturated heterocycles. The van der Waals surface area contributed by atoms with Crippen LogP contribution in [-0.2, 0) is 27.3 Å². The Hall–Kier alpha value is -3.51. The Labute approximate surface area is 237 Å². The van der Waals surface area contributed by atoms with E-state index in [2.05, 4.69) is 4.90 Å². The molecule has 11 nitrogen and oxygen atoms in total. The molecule has 2 fully saturated rings. The predicted octanol–water partition coefficient (Wildman–Crippen LogP) is 1.23. The Morgan fingerprint density at radius 2 is 1.88 bits per heavy atom. The van der Waals surface area contributed by atoms with Crippen LogP contribution in [0.5, 0.6) is 5.75 Å². The van der Waals surface area contributed by atoms with Crippen molar-refractivity contribution in [1.29, 1.82) is 0 Å². The molecule has 0 spiro atoms. The molecule has 11 heteroatoms. The highest BCUT2D eigenvalue weighted by Gasteiger charge is 2.67. The number of carbonyl (C=O) groups is 3. The van der Waals surface area contributed by atoms with Gasteiger partial charge in [0, 0.05) is 35.2 Å². The predicted molar refractivity (Wildman–Crippen MR) is 148 cm³/mol. The maximum Gasteiger partial charge on any atom is 0.230 e. The summed E-state index contributed by atoms with van der Waals surface area (Å²) in [6.45, 7) is 5.81. The van der Waals surface area contributed by atoms with Crippen LogP contribution in [0.2, 0.25) is 0 Å². The quantitative estimate of drug-likeness (QED) is 0.306. The summed E-state index contributed by atoms with van der Waals surface area (Å²) in [4.78, 5) is 43.6. The van der Waals surface area contributed by atoms with Gasteiger partial charge in [0.15, 0.2) is 11.4 Å². The second kappa shape index (κ2) is 10.4. The number of amides is 1. The Balaban J connectivity index is 1.72. The number of primary amides is 1. The molecule has 41 heavy (non-hydrogen) atoms. The molecule has 220 valence electrons. The fourth-order valence-electron chi connectivity index (χ4n) is 7.21. The highest BCUT2D eigenvalue weighted by molar-refractivity contribution is 6.25. The molecular weight excluding hydrogens is 530 g/mol. The zero-order valence-electron chi connectivity index (χ0n) is 23.6. The summed E-state index contributed by atoms with van der Waals surface area (Å²) in [5.41, 5.74) is 5.27. The molecule has 0 radical (unpaired) electrons. The van der Waals surface area contributed by atoms with Crippen LogP contribution >= 0.6 is 0 Å². The van der Waals surface area contributed by atoms with Gasteiger partial charge in [0.2, 0.25) is 11.7 Å². The van der Waals surface area contributed by atoms with E-state index >= 15 is 0 Å². The van der Waals surface area contributed by atoms with Crippen LogP contribution in [-0.4, -0.2) is 92.6 Å². The molecule has 1 amide bonds. The molecule has 2 saturated carbocycles. The fraction of sp³-hybridized carbons (Fsp3) is 0.500. The zero-order valence-corrected chi connectivity index (χ0v) is 23.6. The van der Waals surface area contributed by atoms with Crippen LogP contribution in [0, 0.1) is 17.8 Å². The highest BCUT2D eigenvalue weighted by atomic mass is 16.3. The molecular formula is C30H37N3O8. The number of hydrogen-bond acceptors (Lipinski definition) is 10. The second-order valence-electron chi connectivity index (χ2n) is 11.5. The minimum atomic E-state index is -2.69. The first-order chi connectivity index (χ1) is 19.4. The Morgan fingerprint density at radius 3 is 2.44 bits per heavy atom. The number of furan rings is 1. The van der Waals surface area contributed by atoms with E-state index in [9.17, 15) is 34.8 Å². The number of nitrogens with zero attached hydrogens (tertiary/aromatic N) is 2. The molecule has 3 aliphatic rings. The third kappa shape index (κ3) is 4.21. The van der Waals surface area contributed by atoms with Gasteiger partial charge in [-0.15, -0.1) is 0 Å². The largest absolute Gasteiger partial charge is 0.507 e. The van der Waals surface area contributed by atoms with E-state index in [1.165, 1.54) is 6.26 Å². The van der Waals surface area contributed by atoms with E-state index in [-0.39, 0.29) is 29.7 Å². The Morgan fingerprint density at radius 1 is 1.20 bits per heavy atom. The first kappa shape index (κ1) is 29.0. The second-order valence-corrected chi connectivity index (χ2v) is 11.5. The minimum Gasteiger partial charge on any atom is -0.507 e. The van der Waals surface area contributed by atoms with E-state index in [1.807, 2.05) is 19.9 Å². The van der Waals surface area contributed by atoms with Gasteiger partial charge in [-0.1, -0.05) is 13.8 Å². The van der Waals surface area contributed by atoms with Crippen molar-refractivity contribution < 1.29 is 39.2 Å². The molecule has 2 aromatic rings. The number of ketones is 2. The number of hydrogen-bond donors (Lipinski definition) is 5. The van der Waals surface area contributed by atoms with Crippen molar-refractivity contribution in [2.75, 3.05) is 27.2 Å². The smallest absolute Gasteiger partial charge is 0.230 e. The van der Waals surface area contributed by atoms with Crippen molar-refractivity contribution in [2.24, 2.45) is 23.5 Å². The lowest BCUT2D eigenvalue weighted by atomic mass is 9.54. The Bertz CT molecular complexity index is 1430. The zero-order chi connectivity index (χ0) is 30.0. The SMILES string of the molecule is CCN(CC)Cc1cc(-c2ccoc2)c2c(c1O)C(O)=C1C(=O)[C@@]3(O)C(=O)C(C(N)=O)C(O)[C@H](N(C)C)[C@H]3C[C@H]1C2. The minimum absolute atomic E-state index is 0.0605. The summed E-state index contributed by atoms with van der Waals surface area (Å²) in [6, 6.07) is 2.70. The number of nitrogens with two attached hydrogens (primary N) is 1. The van der Waals surface area contributed by atoms with Crippen molar-refractivity contribution in [2.45, 2.75) is 51.0 Å². The highest BCUT2D eigenvalue weighted by Crippen LogP contribution is 2.53. The third-order valence-electron chi connectivity index (χ3n) is 9.29. The van der Waals surface area contributed by atoms with E-state index in [0.29, 0.717) is 17.7 Å². The van der Waals surface area contributed by atoms with Gasteiger partial charge >= 0.3 is 0 Å². The van der Waals surface area contributed by atoms with Gasteiger partial charge in [-0.25, -0.2) is 0 Å². The number of phenols is 1. The normalized spacial score (nSPS) is 29.5. The monoisotopic (exact) mass is 567 g/mol. The number of rotatable bonds is 7. The number of aliphatic hydroxyl groups is 3. The number of benzene rings is 1. The molecule has 6 atom stereocenters. The molecule has 1 aromatic heterocycles. The molecule has 5 rings (SSSR count). The molecule has 0 bridgehead atoms. The summed E-state index contributed by atoms with van der Waals surface area (Å²) in [5, 5.41) is 46.0. The van der Waals surface area contributed by atoms with E-state index in [1.54, 1.807) is 31.3 Å². The molecule has 3 aliphatic carbocycles. The van der Waals surface area contributed by atoms with Crippen molar-refractivity contribution in [3.63, 3.8) is 0 Å². The molecule has 1 heterocycles. The topological polar surface area (TPSA) is 178 Å². The van der Waals surface area contributed by atoms with Gasteiger partial charge in [-0.3, -0.25) is 19.3 Å². The first-order valence-corrected chi connectivity index (χ1v) is 13.9. The number of phenolic OH excluding ortho intramolecular Hbond substituents is 1. The maximum atomic E-state index is 14.1. The van der Waals surface area contributed by atoms with Gasteiger partial charge in [-0.05, 0) is 69.2 Å². The van der Waals surface area contributed by atoms with Gasteiger partial charge in [0.1, 0.15) is 17.4 Å². The summed E-state index contributed by atoms with van der Waals surface area (Å²) in [5.74, 6) is -7.55. The number of fused-ring (bicyclic) bond motifs is 3. The average Bonchev–Trinajstić information content (AvgIpc) is 3.45. The summed E-state index contributed by atoms with van der Waals surface area (Å²) in [7, 11) is 3.25. The van der Waals surface area contributed by atoms with Crippen LogP contribution in [0.15, 0.2) is 34.6 Å². The van der Waals surface area contributed by atoms with Crippen LogP contribution < -0.4 is 5.73 Å². The number of carbonyl (C=O) groups excluding carboxylic acids is 3. The molecule has 1 aromatic carbocycles. The number of Topliss-reactive ketones (excluding diaryl/α,β-unsaturated/α-hetero) is 2. The standard InChI is InChI=1S/C30H37N3O8/c1-5-33(6-2)12-16-10-17(14-7-8-41-13-14)18-9-15-11-19-23(32(3)4)26(36)22(29(31)39)28(38)30(19,40)27(37)20(15)25(35)21(18)24(16)34/h7-8,10,13,15,19,22-23,26,34-36,40H,5-6,9,11-12H2,1-4H3,(H2,31,39)/t15-,19-,22?,23-,26?,30-/m1/s1. The van der Waals surface area contributed by atoms with Crippen LogP contribution in [0.1, 0.15) is 37.0 Å². The van der Waals surface area contributed by atoms with Gasteiger partial charge in [0.05, 0.1) is 24.2 Å². The number of aromatic hydroxyl groups is 1. The van der Waals surface area contributed by atoms with E-state index < -0.39 is 58.7 Å². The first-order valence-electron chi connectivity index (χ1n) is 13.9. The van der Waals surface area contributed by atoms with Gasteiger partial charge < -0.3 is 35.5 Å². The summed E-state index contributed by atoms with van der Waals surface area (Å²) < 4.78 is 5.34. The van der Waals surface area contributed by atoms with Crippen LogP contribution in [0.25, 0.3) is 16.9 Å². The number of likely N-dealkylation sites (N-methyl/N-ethyl adjacent to an activating group) is 1. The Kier molecular flexibility index (Phi) is 7.35. The van der Waals surface area contributed by atoms with Gasteiger partial charge in [0.25, 0.3) is 0 Å². The van der Waals surface area contributed by atoms with E-state index in [0.717, 1.165) is 24.2 Å². The lowest BCUT2D eigenvalue weighted by Gasteiger charge is -2.53. The van der Waals surface area contributed by atoms with Crippen molar-refractivity contribution in [1.82, 2.24) is 9.80 Å². The van der Waals surface area contributed by atoms with Crippen molar-refractivity contribution in [3.8, 4) is 16.9 Å². The third-order valence-corrected chi connectivity index (χ3v) is 9.29. The van der Waals surface area contributed by atoms with Crippen LogP contribution in [0.3, 0.4) is 0 Å². The average molecular weight is 568 g/mol. The molecule has 0 aliphatic heterocycles. The van der Waals surface area contributed by atoms with Crippen molar-refractivity contribution in [3.05, 3.63) is 46.9 Å². The van der Waals surface area contributed by atoms with Gasteiger partial charge in [-0.2, -0.15) is 0 Å². The van der Waals surface area contributed by atoms with Crippen molar-refractivity contribution >= 4 is 23.2 Å². The molecule has 2 unspecified atom stereocenters. The molecule has 6 N–H and O–H groups in total.